The first-order valence-electron chi connectivity index (χ1n) is 7.85. The van der Waals surface area contributed by atoms with Crippen molar-refractivity contribution in [3.63, 3.8) is 0 Å². The van der Waals surface area contributed by atoms with Crippen molar-refractivity contribution >= 4 is 0 Å². The van der Waals surface area contributed by atoms with Crippen LogP contribution in [0.2, 0.25) is 0 Å². The molecule has 3 nitrogen and oxygen atoms in total. The number of nitrogens with one attached hydrogen (secondary N) is 1. The number of hydrogen-bond donors (Lipinski definition) is 1. The third-order valence-electron chi connectivity index (χ3n) is 4.22. The van der Waals surface area contributed by atoms with Crippen molar-refractivity contribution in [1.82, 2.24) is 10.2 Å². The van der Waals surface area contributed by atoms with Crippen LogP contribution in [0.4, 0.5) is 0 Å². The number of nitrogens with zero attached hydrogens (tertiary/aromatic N) is 1. The fourth-order valence-corrected chi connectivity index (χ4v) is 3.03. The lowest BCUT2D eigenvalue weighted by molar-refractivity contribution is 0.184. The van der Waals surface area contributed by atoms with E-state index in [1.165, 1.54) is 44.2 Å². The number of furan rings is 1. The Hall–Kier alpha value is -0.800. The maximum absolute atomic E-state index is 5.62. The molecule has 3 heteroatoms. The van der Waals surface area contributed by atoms with Crippen LogP contribution < -0.4 is 5.32 Å². The highest BCUT2D eigenvalue weighted by atomic mass is 16.3. The second-order valence-electron chi connectivity index (χ2n) is 5.53. The van der Waals surface area contributed by atoms with Gasteiger partial charge in [-0.15, -0.1) is 0 Å². The van der Waals surface area contributed by atoms with E-state index in [1.807, 2.05) is 6.26 Å². The third-order valence-corrected chi connectivity index (χ3v) is 4.22. The number of rotatable bonds is 6. The molecule has 1 unspecified atom stereocenters. The Kier molecular flexibility index (Phi) is 5.93. The van der Waals surface area contributed by atoms with Crippen LogP contribution in [0.1, 0.15) is 57.3 Å². The van der Waals surface area contributed by atoms with Gasteiger partial charge >= 0.3 is 0 Å². The molecule has 1 saturated heterocycles. The van der Waals surface area contributed by atoms with E-state index in [0.29, 0.717) is 0 Å². The van der Waals surface area contributed by atoms with E-state index >= 15 is 0 Å². The first-order valence-corrected chi connectivity index (χ1v) is 7.85. The van der Waals surface area contributed by atoms with Gasteiger partial charge in [0.15, 0.2) is 0 Å². The van der Waals surface area contributed by atoms with E-state index in [2.05, 4.69) is 30.1 Å². The topological polar surface area (TPSA) is 28.4 Å². The van der Waals surface area contributed by atoms with Gasteiger partial charge < -0.3 is 9.73 Å². The minimum atomic E-state index is 0.754. The number of hydrogen-bond acceptors (Lipinski definition) is 3. The van der Waals surface area contributed by atoms with Gasteiger partial charge in [-0.1, -0.05) is 26.7 Å². The minimum absolute atomic E-state index is 0.754. The average Bonchev–Trinajstić information content (AvgIpc) is 2.73. The maximum Gasteiger partial charge on any atom is 0.122 e. The Balaban J connectivity index is 1.99. The molecular formula is C16H28N2O. The highest BCUT2D eigenvalue weighted by molar-refractivity contribution is 5.17. The maximum atomic E-state index is 5.62. The molecule has 1 aliphatic rings. The van der Waals surface area contributed by atoms with E-state index in [0.717, 1.165) is 31.4 Å². The normalized spacial score (nSPS) is 21.5. The predicted molar refractivity (Wildman–Crippen MR) is 79.0 cm³/mol. The summed E-state index contributed by atoms with van der Waals surface area (Å²) in [4.78, 5) is 2.66. The van der Waals surface area contributed by atoms with Crippen LogP contribution in [0.25, 0.3) is 0 Å². The van der Waals surface area contributed by atoms with Gasteiger partial charge in [-0.2, -0.15) is 0 Å². The quantitative estimate of drug-likeness (QED) is 0.852. The van der Waals surface area contributed by atoms with Crippen molar-refractivity contribution < 1.29 is 4.42 Å². The van der Waals surface area contributed by atoms with Gasteiger partial charge in [0.05, 0.1) is 12.8 Å². The van der Waals surface area contributed by atoms with Crippen LogP contribution in [-0.2, 0) is 13.1 Å². The van der Waals surface area contributed by atoms with Crippen molar-refractivity contribution in [2.75, 3.05) is 13.1 Å². The third kappa shape index (κ3) is 4.08. The molecule has 0 radical (unpaired) electrons. The Labute approximate surface area is 117 Å². The summed E-state index contributed by atoms with van der Waals surface area (Å²) in [5, 5.41) is 3.35. The van der Waals surface area contributed by atoms with Gasteiger partial charge in [-0.25, -0.2) is 0 Å². The molecule has 108 valence electrons. The summed E-state index contributed by atoms with van der Waals surface area (Å²) in [5.41, 5.74) is 1.36. The molecule has 19 heavy (non-hydrogen) atoms. The monoisotopic (exact) mass is 264 g/mol. The Bertz CT molecular complexity index is 361. The second-order valence-corrected chi connectivity index (χ2v) is 5.53. The zero-order chi connectivity index (χ0) is 13.5. The van der Waals surface area contributed by atoms with Crippen LogP contribution in [0.3, 0.4) is 0 Å². The summed E-state index contributed by atoms with van der Waals surface area (Å²) in [6.45, 7) is 8.58. The van der Waals surface area contributed by atoms with Gasteiger partial charge in [-0.05, 0) is 38.4 Å². The molecule has 0 spiro atoms. The van der Waals surface area contributed by atoms with Crippen molar-refractivity contribution in [3.8, 4) is 0 Å². The molecule has 0 bridgehead atoms. The molecule has 0 aliphatic carbocycles. The minimum Gasteiger partial charge on any atom is -0.468 e. The van der Waals surface area contributed by atoms with Crippen LogP contribution >= 0.6 is 0 Å². The van der Waals surface area contributed by atoms with Gasteiger partial charge in [0.25, 0.3) is 0 Å². The fraction of sp³-hybridized carbons (Fsp3) is 0.750. The second kappa shape index (κ2) is 7.71. The molecule has 1 N–H and O–H groups in total. The highest BCUT2D eigenvalue weighted by Gasteiger charge is 2.20. The lowest BCUT2D eigenvalue weighted by Gasteiger charge is -2.29. The van der Waals surface area contributed by atoms with E-state index in [-0.39, 0.29) is 0 Å². The Morgan fingerprint density at radius 2 is 2.21 bits per heavy atom. The molecular weight excluding hydrogens is 236 g/mol. The molecule has 2 heterocycles. The van der Waals surface area contributed by atoms with E-state index in [1.54, 1.807) is 0 Å². The van der Waals surface area contributed by atoms with E-state index in [9.17, 15) is 0 Å². The first-order chi connectivity index (χ1) is 9.35. The van der Waals surface area contributed by atoms with Crippen molar-refractivity contribution in [3.05, 3.63) is 23.7 Å². The SMILES string of the molecule is CCNCc1occc1CN1CCCCCC1CC. The van der Waals surface area contributed by atoms with Crippen LogP contribution in [0.15, 0.2) is 16.7 Å². The van der Waals surface area contributed by atoms with Crippen LogP contribution in [0, 0.1) is 0 Å². The Morgan fingerprint density at radius 1 is 1.32 bits per heavy atom. The van der Waals surface area contributed by atoms with Crippen molar-refractivity contribution in [2.45, 2.75) is 65.1 Å². The van der Waals surface area contributed by atoms with Gasteiger partial charge in [-0.3, -0.25) is 4.90 Å². The molecule has 1 aromatic heterocycles. The number of likely N-dealkylation sites (tertiary alicyclic amines) is 1. The molecule has 0 saturated carbocycles. The smallest absolute Gasteiger partial charge is 0.122 e. The van der Waals surface area contributed by atoms with Crippen molar-refractivity contribution in [1.29, 1.82) is 0 Å². The molecule has 2 rings (SSSR count). The van der Waals surface area contributed by atoms with Gasteiger partial charge in [0.2, 0.25) is 0 Å². The fourth-order valence-electron chi connectivity index (χ4n) is 3.03. The van der Waals surface area contributed by atoms with E-state index < -0.39 is 0 Å². The van der Waals surface area contributed by atoms with E-state index in [4.69, 9.17) is 4.42 Å². The van der Waals surface area contributed by atoms with Gasteiger partial charge in [0, 0.05) is 18.2 Å². The summed E-state index contributed by atoms with van der Waals surface area (Å²) < 4.78 is 5.62. The van der Waals surface area contributed by atoms with Crippen LogP contribution in [-0.4, -0.2) is 24.0 Å². The zero-order valence-corrected chi connectivity index (χ0v) is 12.5. The molecule has 1 atom stereocenters. The summed E-state index contributed by atoms with van der Waals surface area (Å²) in [7, 11) is 0. The van der Waals surface area contributed by atoms with Crippen LogP contribution in [0.5, 0.6) is 0 Å². The summed E-state index contributed by atoms with van der Waals surface area (Å²) in [5.74, 6) is 1.11. The molecule has 0 aromatic carbocycles. The van der Waals surface area contributed by atoms with Gasteiger partial charge in [0.1, 0.15) is 5.76 Å². The molecule has 0 amide bonds. The molecule has 1 aliphatic heterocycles. The first kappa shape index (κ1) is 14.6. The largest absolute Gasteiger partial charge is 0.468 e. The predicted octanol–water partition coefficient (Wildman–Crippen LogP) is 3.54. The summed E-state index contributed by atoms with van der Waals surface area (Å²) in [6.07, 6.45) is 8.59. The molecule has 1 aromatic rings. The highest BCUT2D eigenvalue weighted by Crippen LogP contribution is 2.23. The lowest BCUT2D eigenvalue weighted by Crippen LogP contribution is -2.34. The molecule has 1 fully saturated rings. The standard InChI is InChI=1S/C16H28N2O/c1-3-15-8-6-5-7-10-18(15)13-14-9-11-19-16(14)12-17-4-2/h9,11,15,17H,3-8,10,12-13H2,1-2H3. The summed E-state index contributed by atoms with van der Waals surface area (Å²) in [6, 6.07) is 2.90. The zero-order valence-electron chi connectivity index (χ0n) is 12.5. The average molecular weight is 264 g/mol. The summed E-state index contributed by atoms with van der Waals surface area (Å²) >= 11 is 0. The lowest BCUT2D eigenvalue weighted by atomic mass is 10.1. The van der Waals surface area contributed by atoms with Crippen molar-refractivity contribution in [2.24, 2.45) is 0 Å². The Morgan fingerprint density at radius 3 is 3.00 bits per heavy atom.